The van der Waals surface area contributed by atoms with E-state index in [-0.39, 0.29) is 11.6 Å². The van der Waals surface area contributed by atoms with E-state index < -0.39 is 0 Å². The number of halogens is 1. The Morgan fingerprint density at radius 3 is 2.67 bits per heavy atom. The summed E-state index contributed by atoms with van der Waals surface area (Å²) >= 11 is 0. The summed E-state index contributed by atoms with van der Waals surface area (Å²) in [7, 11) is 0. The molecule has 15 heavy (non-hydrogen) atoms. The number of carbonyl (C=O) groups is 1. The number of benzene rings is 1. The SMILES string of the molecule is CCC(C)CC(=O)c1ccc(C)c(F)c1. The zero-order valence-electron chi connectivity index (χ0n) is 9.51. The first-order chi connectivity index (χ1) is 7.04. The Labute approximate surface area is 90.3 Å². The van der Waals surface area contributed by atoms with Gasteiger partial charge in [-0.1, -0.05) is 32.4 Å². The van der Waals surface area contributed by atoms with Crippen LogP contribution in [0, 0.1) is 18.7 Å². The van der Waals surface area contributed by atoms with Crippen LogP contribution in [0.3, 0.4) is 0 Å². The fourth-order valence-electron chi connectivity index (χ4n) is 1.34. The van der Waals surface area contributed by atoms with E-state index >= 15 is 0 Å². The average Bonchev–Trinajstić information content (AvgIpc) is 2.21. The lowest BCUT2D eigenvalue weighted by molar-refractivity contribution is 0.0963. The highest BCUT2D eigenvalue weighted by atomic mass is 19.1. The summed E-state index contributed by atoms with van der Waals surface area (Å²) in [6, 6.07) is 4.68. The van der Waals surface area contributed by atoms with Gasteiger partial charge < -0.3 is 0 Å². The van der Waals surface area contributed by atoms with Gasteiger partial charge in [0.25, 0.3) is 0 Å². The Kier molecular flexibility index (Phi) is 4.01. The molecule has 1 nitrogen and oxygen atoms in total. The van der Waals surface area contributed by atoms with E-state index in [1.165, 1.54) is 6.07 Å². The van der Waals surface area contributed by atoms with Crippen molar-refractivity contribution in [2.75, 3.05) is 0 Å². The van der Waals surface area contributed by atoms with E-state index in [9.17, 15) is 9.18 Å². The summed E-state index contributed by atoms with van der Waals surface area (Å²) in [4.78, 5) is 11.7. The van der Waals surface area contributed by atoms with Gasteiger partial charge in [0.2, 0.25) is 0 Å². The summed E-state index contributed by atoms with van der Waals surface area (Å²) in [5.74, 6) is 0.0927. The molecule has 0 fully saturated rings. The van der Waals surface area contributed by atoms with Crippen LogP contribution in [-0.2, 0) is 0 Å². The quantitative estimate of drug-likeness (QED) is 0.689. The number of ketones is 1. The lowest BCUT2D eigenvalue weighted by atomic mass is 9.97. The van der Waals surface area contributed by atoms with E-state index in [1.807, 2.05) is 13.8 Å². The predicted molar refractivity (Wildman–Crippen MR) is 59.5 cm³/mol. The average molecular weight is 208 g/mol. The first-order valence-corrected chi connectivity index (χ1v) is 5.34. The van der Waals surface area contributed by atoms with E-state index in [0.717, 1.165) is 6.42 Å². The largest absolute Gasteiger partial charge is 0.294 e. The third kappa shape index (κ3) is 3.15. The molecule has 0 saturated carbocycles. The maximum Gasteiger partial charge on any atom is 0.163 e. The van der Waals surface area contributed by atoms with Gasteiger partial charge in [-0.3, -0.25) is 4.79 Å². The van der Waals surface area contributed by atoms with Crippen LogP contribution in [0.1, 0.15) is 42.6 Å². The monoisotopic (exact) mass is 208 g/mol. The summed E-state index contributed by atoms with van der Waals surface area (Å²) in [6.45, 7) is 5.77. The van der Waals surface area contributed by atoms with Crippen molar-refractivity contribution >= 4 is 5.78 Å². The molecule has 0 spiro atoms. The minimum absolute atomic E-state index is 0.0308. The minimum atomic E-state index is -0.301. The van der Waals surface area contributed by atoms with Crippen molar-refractivity contribution in [2.45, 2.75) is 33.6 Å². The van der Waals surface area contributed by atoms with Crippen LogP contribution in [0.4, 0.5) is 4.39 Å². The minimum Gasteiger partial charge on any atom is -0.294 e. The Bertz CT molecular complexity index is 358. The maximum atomic E-state index is 13.2. The molecule has 1 unspecified atom stereocenters. The topological polar surface area (TPSA) is 17.1 Å². The van der Waals surface area contributed by atoms with Gasteiger partial charge in [0, 0.05) is 12.0 Å². The van der Waals surface area contributed by atoms with Gasteiger partial charge in [-0.05, 0) is 24.5 Å². The molecule has 2 heteroatoms. The van der Waals surface area contributed by atoms with E-state index in [0.29, 0.717) is 23.5 Å². The number of carbonyl (C=O) groups excluding carboxylic acids is 1. The number of Topliss-reactive ketones (excluding diaryl/α,β-unsaturated/α-hetero) is 1. The van der Waals surface area contributed by atoms with Gasteiger partial charge in [0.1, 0.15) is 5.82 Å². The molecule has 0 heterocycles. The van der Waals surface area contributed by atoms with Crippen molar-refractivity contribution in [3.05, 3.63) is 35.1 Å². The van der Waals surface area contributed by atoms with Crippen LogP contribution in [0.5, 0.6) is 0 Å². The molecule has 0 aromatic heterocycles. The van der Waals surface area contributed by atoms with Crippen LogP contribution < -0.4 is 0 Å². The van der Waals surface area contributed by atoms with Crippen molar-refractivity contribution in [3.8, 4) is 0 Å². The zero-order chi connectivity index (χ0) is 11.4. The molecule has 0 aliphatic heterocycles. The highest BCUT2D eigenvalue weighted by molar-refractivity contribution is 5.96. The molecule has 1 atom stereocenters. The fourth-order valence-corrected chi connectivity index (χ4v) is 1.34. The Hall–Kier alpha value is -1.18. The normalized spacial score (nSPS) is 12.5. The standard InChI is InChI=1S/C13H17FO/c1-4-9(2)7-13(15)11-6-5-10(3)12(14)8-11/h5-6,8-9H,4,7H2,1-3H3. The molecule has 1 aromatic rings. The van der Waals surface area contributed by atoms with Crippen LogP contribution in [0.2, 0.25) is 0 Å². The summed E-state index contributed by atoms with van der Waals surface area (Å²) in [6.07, 6.45) is 1.47. The second kappa shape index (κ2) is 5.06. The van der Waals surface area contributed by atoms with E-state index in [1.54, 1.807) is 19.1 Å². The van der Waals surface area contributed by atoms with Gasteiger partial charge in [0.15, 0.2) is 5.78 Å². The van der Waals surface area contributed by atoms with Crippen LogP contribution in [-0.4, -0.2) is 5.78 Å². The van der Waals surface area contributed by atoms with Gasteiger partial charge in [-0.15, -0.1) is 0 Å². The number of hydrogen-bond donors (Lipinski definition) is 0. The summed E-state index contributed by atoms with van der Waals surface area (Å²) in [5, 5.41) is 0. The van der Waals surface area contributed by atoms with Crippen molar-refractivity contribution in [1.82, 2.24) is 0 Å². The molecule has 0 aliphatic carbocycles. The smallest absolute Gasteiger partial charge is 0.163 e. The Morgan fingerprint density at radius 1 is 1.47 bits per heavy atom. The number of rotatable bonds is 4. The van der Waals surface area contributed by atoms with Crippen molar-refractivity contribution in [3.63, 3.8) is 0 Å². The zero-order valence-corrected chi connectivity index (χ0v) is 9.51. The molecular formula is C13H17FO. The van der Waals surface area contributed by atoms with Gasteiger partial charge in [-0.25, -0.2) is 4.39 Å². The van der Waals surface area contributed by atoms with E-state index in [4.69, 9.17) is 0 Å². The van der Waals surface area contributed by atoms with Gasteiger partial charge in [0.05, 0.1) is 0 Å². The Balaban J connectivity index is 2.78. The second-order valence-electron chi connectivity index (χ2n) is 4.10. The second-order valence-corrected chi connectivity index (χ2v) is 4.10. The molecule has 1 rings (SSSR count). The molecule has 0 aliphatic rings. The lowest BCUT2D eigenvalue weighted by Crippen LogP contribution is -2.05. The summed E-state index contributed by atoms with van der Waals surface area (Å²) < 4.78 is 13.2. The molecule has 0 amide bonds. The number of aryl methyl sites for hydroxylation is 1. The molecule has 0 bridgehead atoms. The van der Waals surface area contributed by atoms with Crippen molar-refractivity contribution in [1.29, 1.82) is 0 Å². The third-order valence-corrected chi connectivity index (χ3v) is 2.72. The molecule has 0 N–H and O–H groups in total. The Morgan fingerprint density at radius 2 is 2.13 bits per heavy atom. The maximum absolute atomic E-state index is 13.2. The van der Waals surface area contributed by atoms with Crippen molar-refractivity contribution in [2.24, 2.45) is 5.92 Å². The first kappa shape index (κ1) is 11.9. The molecular weight excluding hydrogens is 191 g/mol. The van der Waals surface area contributed by atoms with Gasteiger partial charge in [-0.2, -0.15) is 0 Å². The third-order valence-electron chi connectivity index (χ3n) is 2.72. The molecule has 0 radical (unpaired) electrons. The van der Waals surface area contributed by atoms with Crippen LogP contribution in [0.15, 0.2) is 18.2 Å². The molecule has 0 saturated heterocycles. The molecule has 1 aromatic carbocycles. The predicted octanol–water partition coefficient (Wildman–Crippen LogP) is 3.75. The van der Waals surface area contributed by atoms with Crippen molar-refractivity contribution < 1.29 is 9.18 Å². The summed E-state index contributed by atoms with van der Waals surface area (Å²) in [5.41, 5.74) is 1.06. The van der Waals surface area contributed by atoms with Gasteiger partial charge >= 0.3 is 0 Å². The van der Waals surface area contributed by atoms with Crippen LogP contribution >= 0.6 is 0 Å². The lowest BCUT2D eigenvalue weighted by Gasteiger charge is -2.07. The molecule has 82 valence electrons. The highest BCUT2D eigenvalue weighted by Crippen LogP contribution is 2.15. The number of hydrogen-bond acceptors (Lipinski definition) is 1. The van der Waals surface area contributed by atoms with Crippen LogP contribution in [0.25, 0.3) is 0 Å². The van der Waals surface area contributed by atoms with E-state index in [2.05, 4.69) is 0 Å². The first-order valence-electron chi connectivity index (χ1n) is 5.34. The fraction of sp³-hybridized carbons (Fsp3) is 0.462. The highest BCUT2D eigenvalue weighted by Gasteiger charge is 2.11.